The fraction of sp³-hybridized carbons (Fsp3) is 0.200. The molecular formula is C25H28N2O7S. The van der Waals surface area contributed by atoms with Crippen molar-refractivity contribution in [3.63, 3.8) is 0 Å². The molecule has 0 saturated heterocycles. The first-order valence-electron chi connectivity index (χ1n) is 10.7. The highest BCUT2D eigenvalue weighted by Crippen LogP contribution is 2.13. The Bertz CT molecular complexity index is 1180. The van der Waals surface area contributed by atoms with Crippen molar-refractivity contribution in [1.82, 2.24) is 4.72 Å². The van der Waals surface area contributed by atoms with Gasteiger partial charge in [0.25, 0.3) is 0 Å². The fourth-order valence-electron chi connectivity index (χ4n) is 2.74. The number of rotatable bonds is 10. The van der Waals surface area contributed by atoms with Crippen LogP contribution < -0.4 is 15.2 Å². The number of carbonyl (C=O) groups excluding carboxylic acids is 1. The van der Waals surface area contributed by atoms with Gasteiger partial charge in [0.05, 0.1) is 17.1 Å². The molecule has 35 heavy (non-hydrogen) atoms. The van der Waals surface area contributed by atoms with Crippen molar-refractivity contribution in [2.24, 2.45) is 0 Å². The van der Waals surface area contributed by atoms with Crippen molar-refractivity contribution in [2.45, 2.75) is 18.2 Å². The van der Waals surface area contributed by atoms with E-state index in [1.54, 1.807) is 73.7 Å². The first-order chi connectivity index (χ1) is 16.7. The number of sulfonamides is 1. The fourth-order valence-corrected chi connectivity index (χ4v) is 3.80. The second-order valence-electron chi connectivity index (χ2n) is 7.13. The third-order valence-electron chi connectivity index (χ3n) is 4.47. The van der Waals surface area contributed by atoms with Gasteiger partial charge in [-0.1, -0.05) is 30.3 Å². The minimum atomic E-state index is -3.50. The van der Waals surface area contributed by atoms with Crippen LogP contribution in [0.2, 0.25) is 0 Å². The molecule has 0 heterocycles. The standard InChI is InChI=1S/C16H17NO5S.C9H11NO2/c18-16(19)12-22-14-8-6-13(7-9-14)10-11-17-23(20,21)15-4-2-1-3-5-15;1-2-12-9(11)7-3-5-8(10)6-4-7/h1-9,17H,10-12H2,(H,18,19);3-6H,2,10H2,1H3. The molecule has 0 bridgehead atoms. The van der Waals surface area contributed by atoms with E-state index >= 15 is 0 Å². The number of nitrogens with one attached hydrogen (secondary N) is 1. The van der Waals surface area contributed by atoms with Crippen LogP contribution in [0.1, 0.15) is 22.8 Å². The summed E-state index contributed by atoms with van der Waals surface area (Å²) in [5.41, 5.74) is 7.54. The summed E-state index contributed by atoms with van der Waals surface area (Å²) in [5.74, 6) is -0.886. The van der Waals surface area contributed by atoms with E-state index in [9.17, 15) is 18.0 Å². The predicted octanol–water partition coefficient (Wildman–Crippen LogP) is 3.12. The van der Waals surface area contributed by atoms with E-state index in [-0.39, 0.29) is 17.4 Å². The quantitative estimate of drug-likeness (QED) is 0.284. The van der Waals surface area contributed by atoms with E-state index in [0.29, 0.717) is 30.0 Å². The third-order valence-corrected chi connectivity index (χ3v) is 5.94. The highest BCUT2D eigenvalue weighted by molar-refractivity contribution is 7.89. The van der Waals surface area contributed by atoms with Crippen LogP contribution in [0.15, 0.2) is 83.8 Å². The molecule has 0 fully saturated rings. The van der Waals surface area contributed by atoms with Crippen LogP contribution in [0.5, 0.6) is 5.75 Å². The van der Waals surface area contributed by atoms with Crippen LogP contribution in [0.25, 0.3) is 0 Å². The van der Waals surface area contributed by atoms with Crippen molar-refractivity contribution in [1.29, 1.82) is 0 Å². The molecule has 0 aliphatic rings. The highest BCUT2D eigenvalue weighted by Gasteiger charge is 2.12. The number of aliphatic carboxylic acids is 1. The van der Waals surface area contributed by atoms with Crippen LogP contribution in [-0.2, 0) is 26.0 Å². The number of carboxylic acid groups (broad SMARTS) is 1. The second-order valence-corrected chi connectivity index (χ2v) is 8.90. The number of benzene rings is 3. The Balaban J connectivity index is 0.000000303. The highest BCUT2D eigenvalue weighted by atomic mass is 32.2. The van der Waals surface area contributed by atoms with Crippen molar-refractivity contribution < 1.29 is 32.6 Å². The maximum atomic E-state index is 12.0. The van der Waals surface area contributed by atoms with Gasteiger partial charge >= 0.3 is 11.9 Å². The molecule has 0 unspecified atom stereocenters. The Labute approximate surface area is 204 Å². The molecule has 186 valence electrons. The number of anilines is 1. The van der Waals surface area contributed by atoms with E-state index in [4.69, 9.17) is 20.3 Å². The van der Waals surface area contributed by atoms with Gasteiger partial charge in [0.15, 0.2) is 6.61 Å². The van der Waals surface area contributed by atoms with Gasteiger partial charge in [0.1, 0.15) is 5.75 Å². The molecule has 0 amide bonds. The van der Waals surface area contributed by atoms with E-state index in [1.165, 1.54) is 12.1 Å². The van der Waals surface area contributed by atoms with Gasteiger partial charge < -0.3 is 20.3 Å². The minimum absolute atomic E-state index is 0.234. The molecule has 9 nitrogen and oxygen atoms in total. The lowest BCUT2D eigenvalue weighted by molar-refractivity contribution is -0.139. The number of nitrogen functional groups attached to an aromatic ring is 1. The summed E-state index contributed by atoms with van der Waals surface area (Å²) < 4.78 is 36.4. The van der Waals surface area contributed by atoms with E-state index in [0.717, 1.165) is 5.56 Å². The van der Waals surface area contributed by atoms with Crippen molar-refractivity contribution >= 4 is 27.6 Å². The molecule has 0 saturated carbocycles. The minimum Gasteiger partial charge on any atom is -0.482 e. The number of ether oxygens (including phenoxy) is 2. The molecule has 3 aromatic rings. The number of carbonyl (C=O) groups is 2. The maximum Gasteiger partial charge on any atom is 0.341 e. The van der Waals surface area contributed by atoms with Gasteiger partial charge in [-0.3, -0.25) is 0 Å². The average molecular weight is 501 g/mol. The zero-order valence-corrected chi connectivity index (χ0v) is 20.0. The Morgan fingerprint density at radius 3 is 2.14 bits per heavy atom. The van der Waals surface area contributed by atoms with Crippen molar-refractivity contribution in [3.8, 4) is 5.75 Å². The molecule has 0 radical (unpaired) electrons. The van der Waals surface area contributed by atoms with E-state index in [1.807, 2.05) is 0 Å². The Kier molecular flexibility index (Phi) is 10.7. The summed E-state index contributed by atoms with van der Waals surface area (Å²) in [5, 5.41) is 8.53. The zero-order chi connectivity index (χ0) is 25.7. The van der Waals surface area contributed by atoms with Crippen molar-refractivity contribution in [2.75, 3.05) is 25.5 Å². The molecular weight excluding hydrogens is 472 g/mol. The van der Waals surface area contributed by atoms with Crippen LogP contribution in [0.4, 0.5) is 5.69 Å². The van der Waals surface area contributed by atoms with E-state index < -0.39 is 22.6 Å². The largest absolute Gasteiger partial charge is 0.482 e. The summed E-state index contributed by atoms with van der Waals surface area (Å²) in [6, 6.07) is 21.7. The summed E-state index contributed by atoms with van der Waals surface area (Å²) in [4.78, 5) is 21.7. The van der Waals surface area contributed by atoms with Crippen LogP contribution in [0, 0.1) is 0 Å². The maximum absolute atomic E-state index is 12.0. The average Bonchev–Trinajstić information content (AvgIpc) is 2.85. The number of hydrogen-bond donors (Lipinski definition) is 3. The van der Waals surface area contributed by atoms with Gasteiger partial charge in [-0.15, -0.1) is 0 Å². The van der Waals surface area contributed by atoms with Crippen LogP contribution in [-0.4, -0.2) is 45.2 Å². The Hall–Kier alpha value is -3.89. The first kappa shape index (κ1) is 27.4. The number of hydrogen-bond acceptors (Lipinski definition) is 7. The number of carboxylic acids is 1. The monoisotopic (exact) mass is 500 g/mol. The summed E-state index contributed by atoms with van der Waals surface area (Å²) in [7, 11) is -3.50. The summed E-state index contributed by atoms with van der Waals surface area (Å²) >= 11 is 0. The normalized spacial score (nSPS) is 10.5. The van der Waals surface area contributed by atoms with Crippen molar-refractivity contribution in [3.05, 3.63) is 90.0 Å². The van der Waals surface area contributed by atoms with Crippen LogP contribution in [0.3, 0.4) is 0 Å². The van der Waals surface area contributed by atoms with Crippen LogP contribution >= 0.6 is 0 Å². The SMILES string of the molecule is CCOC(=O)c1ccc(N)cc1.O=C(O)COc1ccc(CCNS(=O)(=O)c2ccccc2)cc1. The number of esters is 1. The third kappa shape index (κ3) is 9.86. The van der Waals surface area contributed by atoms with Gasteiger partial charge in [-0.25, -0.2) is 22.7 Å². The molecule has 3 aromatic carbocycles. The first-order valence-corrected chi connectivity index (χ1v) is 12.2. The van der Waals surface area contributed by atoms with E-state index in [2.05, 4.69) is 4.72 Å². The lowest BCUT2D eigenvalue weighted by Gasteiger charge is -2.07. The smallest absolute Gasteiger partial charge is 0.341 e. The van der Waals surface area contributed by atoms with Gasteiger partial charge in [-0.2, -0.15) is 0 Å². The molecule has 10 heteroatoms. The zero-order valence-electron chi connectivity index (χ0n) is 19.2. The Morgan fingerprint density at radius 1 is 0.943 bits per heavy atom. The lowest BCUT2D eigenvalue weighted by Crippen LogP contribution is -2.25. The predicted molar refractivity (Wildman–Crippen MR) is 132 cm³/mol. The topological polar surface area (TPSA) is 145 Å². The number of nitrogens with two attached hydrogens (primary N) is 1. The summed E-state index contributed by atoms with van der Waals surface area (Å²) in [6.45, 7) is 2.04. The Morgan fingerprint density at radius 2 is 1.57 bits per heavy atom. The molecule has 4 N–H and O–H groups in total. The van der Waals surface area contributed by atoms with Gasteiger partial charge in [-0.05, 0) is 67.4 Å². The molecule has 0 spiro atoms. The molecule has 0 atom stereocenters. The molecule has 0 aliphatic carbocycles. The summed E-state index contributed by atoms with van der Waals surface area (Å²) in [6.07, 6.45) is 0.519. The lowest BCUT2D eigenvalue weighted by atomic mass is 10.1. The molecule has 0 aromatic heterocycles. The molecule has 0 aliphatic heterocycles. The van der Waals surface area contributed by atoms with Gasteiger partial charge in [0, 0.05) is 12.2 Å². The van der Waals surface area contributed by atoms with Gasteiger partial charge in [0.2, 0.25) is 10.0 Å². The molecule has 3 rings (SSSR count). The second kappa shape index (κ2) is 13.7.